The van der Waals surface area contributed by atoms with Crippen molar-refractivity contribution < 1.29 is 4.74 Å². The summed E-state index contributed by atoms with van der Waals surface area (Å²) in [7, 11) is 2.05. The van der Waals surface area contributed by atoms with Crippen LogP contribution in [-0.4, -0.2) is 13.7 Å². The van der Waals surface area contributed by atoms with Crippen molar-refractivity contribution in [3.63, 3.8) is 0 Å². The van der Waals surface area contributed by atoms with Crippen molar-refractivity contribution in [1.82, 2.24) is 5.32 Å². The van der Waals surface area contributed by atoms with E-state index in [0.29, 0.717) is 12.0 Å². The second kappa shape index (κ2) is 5.31. The fraction of sp³-hybridized carbons (Fsp3) is 0.684. The third-order valence-corrected chi connectivity index (χ3v) is 4.50. The lowest BCUT2D eigenvalue weighted by molar-refractivity contribution is 0.189. The number of benzene rings is 1. The fourth-order valence-corrected chi connectivity index (χ4v) is 3.09. The van der Waals surface area contributed by atoms with Gasteiger partial charge in [0.1, 0.15) is 5.75 Å². The van der Waals surface area contributed by atoms with E-state index in [1.165, 1.54) is 16.7 Å². The molecule has 0 bridgehead atoms. The third-order valence-electron chi connectivity index (χ3n) is 4.50. The Balaban J connectivity index is 2.71. The molecule has 0 amide bonds. The van der Waals surface area contributed by atoms with E-state index >= 15 is 0 Å². The van der Waals surface area contributed by atoms with Crippen LogP contribution in [0.2, 0.25) is 0 Å². The summed E-state index contributed by atoms with van der Waals surface area (Å²) in [5.41, 5.74) is 4.29. The summed E-state index contributed by atoms with van der Waals surface area (Å²) < 4.78 is 6.15. The highest BCUT2D eigenvalue weighted by atomic mass is 16.5. The maximum absolute atomic E-state index is 6.15. The second-order valence-corrected chi connectivity index (χ2v) is 8.50. The first-order valence-electron chi connectivity index (χ1n) is 8.04. The lowest BCUT2D eigenvalue weighted by Gasteiger charge is -2.37. The van der Waals surface area contributed by atoms with E-state index in [4.69, 9.17) is 4.74 Å². The van der Waals surface area contributed by atoms with Gasteiger partial charge in [-0.2, -0.15) is 0 Å². The zero-order valence-electron chi connectivity index (χ0n) is 14.9. The van der Waals surface area contributed by atoms with Gasteiger partial charge >= 0.3 is 0 Å². The largest absolute Gasteiger partial charge is 0.493 e. The first kappa shape index (κ1) is 16.4. The summed E-state index contributed by atoms with van der Waals surface area (Å²) in [5.74, 6) is 1.60. The van der Waals surface area contributed by atoms with Crippen molar-refractivity contribution in [2.45, 2.75) is 65.3 Å². The van der Waals surface area contributed by atoms with Crippen LogP contribution in [-0.2, 0) is 10.8 Å². The number of hydrogen-bond donors (Lipinski definition) is 1. The smallest absolute Gasteiger partial charge is 0.127 e. The fourth-order valence-electron chi connectivity index (χ4n) is 3.09. The van der Waals surface area contributed by atoms with Crippen LogP contribution in [0.4, 0.5) is 0 Å². The Morgan fingerprint density at radius 3 is 2.14 bits per heavy atom. The molecule has 0 fully saturated rings. The molecule has 1 heterocycles. The van der Waals surface area contributed by atoms with Gasteiger partial charge in [0, 0.05) is 23.1 Å². The summed E-state index contributed by atoms with van der Waals surface area (Å²) in [6.45, 7) is 16.7. The topological polar surface area (TPSA) is 21.3 Å². The molecule has 2 atom stereocenters. The molecular formula is C19H31NO. The van der Waals surface area contributed by atoms with Gasteiger partial charge in [0.15, 0.2) is 0 Å². The van der Waals surface area contributed by atoms with E-state index < -0.39 is 0 Å². The van der Waals surface area contributed by atoms with Crippen molar-refractivity contribution >= 4 is 0 Å². The van der Waals surface area contributed by atoms with Crippen LogP contribution < -0.4 is 10.1 Å². The molecule has 0 aliphatic carbocycles. The van der Waals surface area contributed by atoms with Gasteiger partial charge in [0.05, 0.1) is 6.61 Å². The minimum absolute atomic E-state index is 0.0875. The van der Waals surface area contributed by atoms with Crippen LogP contribution in [0, 0.1) is 5.92 Å². The zero-order valence-corrected chi connectivity index (χ0v) is 14.9. The van der Waals surface area contributed by atoms with Gasteiger partial charge in [0.2, 0.25) is 0 Å². The molecule has 0 aromatic heterocycles. The van der Waals surface area contributed by atoms with Gasteiger partial charge in [-0.05, 0) is 29.5 Å². The van der Waals surface area contributed by atoms with E-state index in [9.17, 15) is 0 Å². The maximum atomic E-state index is 6.15. The molecule has 2 unspecified atom stereocenters. The highest BCUT2D eigenvalue weighted by Crippen LogP contribution is 2.44. The van der Waals surface area contributed by atoms with E-state index in [0.717, 1.165) is 12.4 Å². The molecule has 118 valence electrons. The minimum atomic E-state index is 0.0875. The number of ether oxygens (including phenoxy) is 1. The number of nitrogens with one attached hydrogen (secondary N) is 1. The minimum Gasteiger partial charge on any atom is -0.493 e. The Morgan fingerprint density at radius 2 is 1.67 bits per heavy atom. The molecule has 1 N–H and O–H groups in total. The molecule has 0 saturated carbocycles. The summed E-state index contributed by atoms with van der Waals surface area (Å²) in [4.78, 5) is 0. The normalized spacial score (nSPS) is 22.7. The monoisotopic (exact) mass is 289 g/mol. The van der Waals surface area contributed by atoms with Crippen LogP contribution in [0.25, 0.3) is 0 Å². The molecule has 0 radical (unpaired) electrons. The average molecular weight is 289 g/mol. The average Bonchev–Trinajstić information content (AvgIpc) is 2.35. The number of rotatable bonds is 1. The van der Waals surface area contributed by atoms with Crippen LogP contribution >= 0.6 is 0 Å². The van der Waals surface area contributed by atoms with Gasteiger partial charge in [-0.25, -0.2) is 0 Å². The van der Waals surface area contributed by atoms with Gasteiger partial charge in [0.25, 0.3) is 0 Å². The molecule has 2 nitrogen and oxygen atoms in total. The van der Waals surface area contributed by atoms with Gasteiger partial charge in [-0.3, -0.25) is 0 Å². The van der Waals surface area contributed by atoms with E-state index in [-0.39, 0.29) is 10.8 Å². The third kappa shape index (κ3) is 3.11. The SMILES string of the molecule is CNC1c2cc(C(C)(C)C)cc(C(C)(C)C)c2OCC1C. The maximum Gasteiger partial charge on any atom is 0.127 e. The molecule has 2 rings (SSSR count). The molecule has 0 saturated heterocycles. The molecule has 21 heavy (non-hydrogen) atoms. The Hall–Kier alpha value is -1.02. The Labute approximate surface area is 130 Å². The summed E-state index contributed by atoms with van der Waals surface area (Å²) in [6, 6.07) is 5.07. The van der Waals surface area contributed by atoms with E-state index in [2.05, 4.69) is 73.0 Å². The molecule has 1 aliphatic heterocycles. The highest BCUT2D eigenvalue weighted by Gasteiger charge is 2.33. The second-order valence-electron chi connectivity index (χ2n) is 8.50. The van der Waals surface area contributed by atoms with Gasteiger partial charge in [-0.1, -0.05) is 54.5 Å². The Morgan fingerprint density at radius 1 is 1.05 bits per heavy atom. The summed E-state index contributed by atoms with van der Waals surface area (Å²) in [6.07, 6.45) is 0. The standard InChI is InChI=1S/C19H31NO/c1-12-11-21-17-14(16(12)20-8)9-13(18(2,3)4)10-15(17)19(5,6)7/h9-10,12,16,20H,11H2,1-8H3. The van der Waals surface area contributed by atoms with Crippen molar-refractivity contribution in [2.24, 2.45) is 5.92 Å². The lowest BCUT2D eigenvalue weighted by atomic mass is 9.76. The predicted molar refractivity (Wildman–Crippen MR) is 90.3 cm³/mol. The molecule has 1 aliphatic rings. The van der Waals surface area contributed by atoms with E-state index in [1.54, 1.807) is 0 Å². The molecule has 1 aromatic rings. The predicted octanol–water partition coefficient (Wildman–Crippen LogP) is 4.57. The number of fused-ring (bicyclic) bond motifs is 1. The van der Waals surface area contributed by atoms with Crippen LogP contribution in [0.15, 0.2) is 12.1 Å². The number of hydrogen-bond acceptors (Lipinski definition) is 2. The first-order valence-corrected chi connectivity index (χ1v) is 8.04. The molecular weight excluding hydrogens is 258 g/mol. The highest BCUT2D eigenvalue weighted by molar-refractivity contribution is 5.52. The first-order chi connectivity index (χ1) is 9.55. The summed E-state index contributed by atoms with van der Waals surface area (Å²) in [5, 5.41) is 3.49. The van der Waals surface area contributed by atoms with Gasteiger partial charge < -0.3 is 10.1 Å². The Bertz CT molecular complexity index is 520. The lowest BCUT2D eigenvalue weighted by Crippen LogP contribution is -2.34. The van der Waals surface area contributed by atoms with Crippen molar-refractivity contribution in [3.8, 4) is 5.75 Å². The molecule has 1 aromatic carbocycles. The summed E-state index contributed by atoms with van der Waals surface area (Å²) >= 11 is 0. The molecule has 0 spiro atoms. The van der Waals surface area contributed by atoms with E-state index in [1.807, 2.05) is 0 Å². The Kier molecular flexibility index (Phi) is 4.14. The van der Waals surface area contributed by atoms with Crippen molar-refractivity contribution in [2.75, 3.05) is 13.7 Å². The van der Waals surface area contributed by atoms with Crippen LogP contribution in [0.3, 0.4) is 0 Å². The zero-order chi connectivity index (χ0) is 16.0. The van der Waals surface area contributed by atoms with Crippen LogP contribution in [0.1, 0.15) is 71.2 Å². The molecule has 2 heteroatoms. The van der Waals surface area contributed by atoms with Gasteiger partial charge in [-0.15, -0.1) is 0 Å². The van der Waals surface area contributed by atoms with Crippen molar-refractivity contribution in [1.29, 1.82) is 0 Å². The van der Waals surface area contributed by atoms with Crippen LogP contribution in [0.5, 0.6) is 5.75 Å². The quantitative estimate of drug-likeness (QED) is 0.817. The van der Waals surface area contributed by atoms with Crippen molar-refractivity contribution in [3.05, 3.63) is 28.8 Å².